The van der Waals surface area contributed by atoms with E-state index < -0.39 is 0 Å². The largest absolute Gasteiger partial charge is 0.497 e. The molecular formula is C19H17ClN4O2S. The Morgan fingerprint density at radius 2 is 1.89 bits per heavy atom. The average Bonchev–Trinajstić information content (AvgIpc) is 3.11. The first-order chi connectivity index (χ1) is 13.1. The van der Waals surface area contributed by atoms with Gasteiger partial charge in [-0.15, -0.1) is 10.2 Å². The number of halogens is 1. The van der Waals surface area contributed by atoms with Gasteiger partial charge in [0.25, 0.3) is 0 Å². The van der Waals surface area contributed by atoms with Gasteiger partial charge in [0.2, 0.25) is 5.16 Å². The summed E-state index contributed by atoms with van der Waals surface area (Å²) >= 11 is 7.66. The summed E-state index contributed by atoms with van der Waals surface area (Å²) in [5, 5.41) is 14.6. The Morgan fingerprint density at radius 3 is 2.63 bits per heavy atom. The SMILES string of the molecule is COc1ccc(C2=Nn3c(COc4ccc(Cl)c(C)c4)nnc3SC2)cc1. The van der Waals surface area contributed by atoms with E-state index >= 15 is 0 Å². The minimum Gasteiger partial charge on any atom is -0.497 e. The maximum atomic E-state index is 6.06. The molecule has 138 valence electrons. The topological polar surface area (TPSA) is 61.5 Å². The van der Waals surface area contributed by atoms with E-state index in [1.165, 1.54) is 0 Å². The fourth-order valence-corrected chi connectivity index (χ4v) is 3.61. The van der Waals surface area contributed by atoms with Crippen LogP contribution in [0.15, 0.2) is 52.7 Å². The van der Waals surface area contributed by atoms with Crippen molar-refractivity contribution in [1.29, 1.82) is 0 Å². The van der Waals surface area contributed by atoms with Crippen molar-refractivity contribution in [3.8, 4) is 11.5 Å². The molecule has 1 aromatic heterocycles. The Balaban J connectivity index is 1.55. The van der Waals surface area contributed by atoms with E-state index in [0.717, 1.165) is 39.2 Å². The third-order valence-electron chi connectivity index (χ3n) is 4.16. The highest BCUT2D eigenvalue weighted by Crippen LogP contribution is 2.26. The summed E-state index contributed by atoms with van der Waals surface area (Å²) in [6.45, 7) is 2.21. The lowest BCUT2D eigenvalue weighted by Gasteiger charge is -2.14. The highest BCUT2D eigenvalue weighted by Gasteiger charge is 2.20. The molecule has 0 bridgehead atoms. The van der Waals surface area contributed by atoms with E-state index in [9.17, 15) is 0 Å². The molecule has 0 unspecified atom stereocenters. The first-order valence-electron chi connectivity index (χ1n) is 8.32. The third-order valence-corrected chi connectivity index (χ3v) is 5.51. The van der Waals surface area contributed by atoms with Gasteiger partial charge in [0.05, 0.1) is 12.8 Å². The number of rotatable bonds is 5. The molecule has 0 spiro atoms. The lowest BCUT2D eigenvalue weighted by Crippen LogP contribution is -2.15. The molecular weight excluding hydrogens is 384 g/mol. The zero-order valence-corrected chi connectivity index (χ0v) is 16.4. The van der Waals surface area contributed by atoms with Gasteiger partial charge in [-0.2, -0.15) is 9.78 Å². The zero-order chi connectivity index (χ0) is 18.8. The third kappa shape index (κ3) is 3.79. The molecule has 2 aromatic carbocycles. The van der Waals surface area contributed by atoms with Crippen LogP contribution in [-0.4, -0.2) is 33.4 Å². The molecule has 4 rings (SSSR count). The molecule has 0 fully saturated rings. The van der Waals surface area contributed by atoms with Crippen LogP contribution in [-0.2, 0) is 6.61 Å². The van der Waals surface area contributed by atoms with Crippen LogP contribution >= 0.6 is 23.4 Å². The van der Waals surface area contributed by atoms with E-state index in [4.69, 9.17) is 26.2 Å². The molecule has 2 heterocycles. The van der Waals surface area contributed by atoms with Gasteiger partial charge in [-0.3, -0.25) is 0 Å². The Morgan fingerprint density at radius 1 is 1.11 bits per heavy atom. The Labute approximate surface area is 166 Å². The maximum Gasteiger partial charge on any atom is 0.212 e. The smallest absolute Gasteiger partial charge is 0.212 e. The van der Waals surface area contributed by atoms with Gasteiger partial charge in [-0.1, -0.05) is 23.4 Å². The minimum atomic E-state index is 0.272. The van der Waals surface area contributed by atoms with E-state index in [1.807, 2.05) is 49.4 Å². The first kappa shape index (κ1) is 17.9. The zero-order valence-electron chi connectivity index (χ0n) is 14.8. The number of methoxy groups -OCH3 is 1. The highest BCUT2D eigenvalue weighted by molar-refractivity contribution is 7.99. The number of hydrogen-bond acceptors (Lipinski definition) is 6. The lowest BCUT2D eigenvalue weighted by atomic mass is 10.1. The maximum absolute atomic E-state index is 6.06. The van der Waals surface area contributed by atoms with Gasteiger partial charge in [-0.25, -0.2) is 0 Å². The van der Waals surface area contributed by atoms with Crippen molar-refractivity contribution in [2.75, 3.05) is 12.9 Å². The number of hydrogen-bond donors (Lipinski definition) is 0. The van der Waals surface area contributed by atoms with Gasteiger partial charge in [-0.05, 0) is 60.5 Å². The van der Waals surface area contributed by atoms with Crippen LogP contribution in [0.3, 0.4) is 0 Å². The molecule has 0 saturated heterocycles. The molecule has 0 aliphatic carbocycles. The van der Waals surface area contributed by atoms with Gasteiger partial charge in [0.1, 0.15) is 18.1 Å². The predicted molar refractivity (Wildman–Crippen MR) is 106 cm³/mol. The number of nitrogens with zero attached hydrogens (tertiary/aromatic N) is 4. The van der Waals surface area contributed by atoms with Crippen LogP contribution in [0.1, 0.15) is 17.0 Å². The molecule has 1 aliphatic heterocycles. The number of aromatic nitrogens is 3. The Hall–Kier alpha value is -2.51. The van der Waals surface area contributed by atoms with Crippen molar-refractivity contribution < 1.29 is 9.47 Å². The van der Waals surface area contributed by atoms with Crippen molar-refractivity contribution in [2.45, 2.75) is 18.7 Å². The predicted octanol–water partition coefficient (Wildman–Crippen LogP) is 4.19. The minimum absolute atomic E-state index is 0.272. The second-order valence-corrected chi connectivity index (χ2v) is 7.32. The summed E-state index contributed by atoms with van der Waals surface area (Å²) in [5.41, 5.74) is 2.97. The summed E-state index contributed by atoms with van der Waals surface area (Å²) in [5.74, 6) is 2.94. The van der Waals surface area contributed by atoms with Crippen molar-refractivity contribution in [3.63, 3.8) is 0 Å². The monoisotopic (exact) mass is 400 g/mol. The molecule has 1 aliphatic rings. The molecule has 0 amide bonds. The molecule has 3 aromatic rings. The fourth-order valence-electron chi connectivity index (χ4n) is 2.64. The fraction of sp³-hybridized carbons (Fsp3) is 0.211. The van der Waals surface area contributed by atoms with Crippen LogP contribution in [0.25, 0.3) is 0 Å². The summed E-state index contributed by atoms with van der Waals surface area (Å²) in [6.07, 6.45) is 0. The van der Waals surface area contributed by atoms with Crippen LogP contribution in [0, 0.1) is 6.92 Å². The summed E-state index contributed by atoms with van der Waals surface area (Å²) in [7, 11) is 1.65. The molecule has 0 atom stereocenters. The molecule has 0 saturated carbocycles. The molecule has 8 heteroatoms. The highest BCUT2D eigenvalue weighted by atomic mass is 35.5. The van der Waals surface area contributed by atoms with Gasteiger partial charge >= 0.3 is 0 Å². The first-order valence-corrected chi connectivity index (χ1v) is 9.69. The quantitative estimate of drug-likeness (QED) is 0.642. The van der Waals surface area contributed by atoms with Gasteiger partial charge < -0.3 is 9.47 Å². The normalized spacial score (nSPS) is 13.1. The van der Waals surface area contributed by atoms with Crippen LogP contribution in [0.5, 0.6) is 11.5 Å². The molecule has 27 heavy (non-hydrogen) atoms. The second-order valence-electron chi connectivity index (χ2n) is 5.97. The van der Waals surface area contributed by atoms with E-state index in [-0.39, 0.29) is 6.61 Å². The Bertz CT molecular complexity index is 1000. The summed E-state index contributed by atoms with van der Waals surface area (Å²) in [6, 6.07) is 13.4. The molecule has 0 N–H and O–H groups in total. The van der Waals surface area contributed by atoms with Crippen LogP contribution in [0.4, 0.5) is 0 Å². The van der Waals surface area contributed by atoms with Crippen molar-refractivity contribution in [2.24, 2.45) is 5.10 Å². The van der Waals surface area contributed by atoms with Gasteiger partial charge in [0, 0.05) is 10.8 Å². The average molecular weight is 401 g/mol. The number of ether oxygens (including phenoxy) is 2. The molecule has 6 nitrogen and oxygen atoms in total. The number of fused-ring (bicyclic) bond motifs is 1. The van der Waals surface area contributed by atoms with E-state index in [2.05, 4.69) is 10.2 Å². The second kappa shape index (κ2) is 7.62. The number of thioether (sulfide) groups is 1. The van der Waals surface area contributed by atoms with Crippen LogP contribution < -0.4 is 9.47 Å². The standard InChI is InChI=1S/C19H17ClN4O2S/c1-12-9-15(7-8-16(12)20)26-10-18-21-22-19-24(18)23-17(11-27-19)13-3-5-14(25-2)6-4-13/h3-9H,10-11H2,1-2H3. The molecule has 0 radical (unpaired) electrons. The summed E-state index contributed by atoms with van der Waals surface area (Å²) in [4.78, 5) is 0. The van der Waals surface area contributed by atoms with Crippen LogP contribution in [0.2, 0.25) is 5.02 Å². The van der Waals surface area contributed by atoms with Crippen molar-refractivity contribution in [1.82, 2.24) is 14.9 Å². The van der Waals surface area contributed by atoms with Gasteiger partial charge in [0.15, 0.2) is 5.82 Å². The summed E-state index contributed by atoms with van der Waals surface area (Å²) < 4.78 is 12.8. The van der Waals surface area contributed by atoms with Crippen molar-refractivity contribution >= 4 is 29.1 Å². The number of benzene rings is 2. The Kier molecular flexibility index (Phi) is 5.05. The number of aryl methyl sites for hydroxylation is 1. The van der Waals surface area contributed by atoms with E-state index in [0.29, 0.717) is 10.8 Å². The van der Waals surface area contributed by atoms with Crippen molar-refractivity contribution in [3.05, 3.63) is 64.4 Å². The lowest BCUT2D eigenvalue weighted by molar-refractivity contribution is 0.289. The van der Waals surface area contributed by atoms with E-state index in [1.54, 1.807) is 23.5 Å².